The minimum Gasteiger partial charge on any atom is -0.476 e. The second-order valence-electron chi connectivity index (χ2n) is 9.98. The Morgan fingerprint density at radius 1 is 1.16 bits per heavy atom. The van der Waals surface area contributed by atoms with Crippen LogP contribution in [0.25, 0.3) is 5.82 Å². The highest BCUT2D eigenvalue weighted by atomic mass is 35.5. The molecular weight excluding hydrogens is 553 g/mol. The fourth-order valence-electron chi connectivity index (χ4n) is 2.98. The molecule has 0 aliphatic carbocycles. The van der Waals surface area contributed by atoms with Crippen LogP contribution in [-0.4, -0.2) is 59.7 Å². The van der Waals surface area contributed by atoms with E-state index in [0.717, 1.165) is 13.8 Å². The van der Waals surface area contributed by atoms with Crippen molar-refractivity contribution < 1.29 is 31.1 Å². The molecule has 0 radical (unpaired) electrons. The molecule has 0 aliphatic rings. The van der Waals surface area contributed by atoms with Gasteiger partial charge in [0.1, 0.15) is 24.7 Å². The maximum absolute atomic E-state index is 13.0. The van der Waals surface area contributed by atoms with Gasteiger partial charge in [0, 0.05) is 25.5 Å². The number of aromatic nitrogens is 5. The van der Waals surface area contributed by atoms with Gasteiger partial charge in [-0.3, -0.25) is 9.48 Å². The number of rotatable bonds is 8. The predicted molar refractivity (Wildman–Crippen MR) is 133 cm³/mol. The number of alkyl halides is 3. The normalized spacial score (nSPS) is 13.0. The summed E-state index contributed by atoms with van der Waals surface area (Å²) in [6.07, 6.45) is -1.74. The molecule has 1 N–H and O–H groups in total. The molecule has 3 rings (SSSR count). The molecule has 0 spiro atoms. The summed E-state index contributed by atoms with van der Waals surface area (Å²) in [5.41, 5.74) is -2.29. The van der Waals surface area contributed by atoms with Gasteiger partial charge in [-0.15, -0.1) is 5.10 Å². The molecule has 3 aromatic rings. The number of carbonyl (C=O) groups is 1. The second-order valence-corrected chi connectivity index (χ2v) is 17.0. The van der Waals surface area contributed by atoms with Crippen molar-refractivity contribution in [1.82, 2.24) is 29.3 Å². The van der Waals surface area contributed by atoms with Crippen molar-refractivity contribution in [2.75, 3.05) is 6.61 Å². The van der Waals surface area contributed by atoms with Gasteiger partial charge < -0.3 is 4.74 Å². The van der Waals surface area contributed by atoms with Crippen LogP contribution in [0.2, 0.25) is 24.8 Å². The zero-order chi connectivity index (χ0) is 28.0. The largest absolute Gasteiger partial charge is 0.476 e. The third-order valence-corrected chi connectivity index (χ3v) is 8.84. The van der Waals surface area contributed by atoms with Crippen LogP contribution in [0.3, 0.4) is 0 Å². The van der Waals surface area contributed by atoms with Crippen molar-refractivity contribution in [3.63, 3.8) is 0 Å². The summed E-state index contributed by atoms with van der Waals surface area (Å²) >= 11 is 6.16. The van der Waals surface area contributed by atoms with Crippen LogP contribution in [-0.2, 0) is 17.1 Å². The molecule has 3 aromatic heterocycles. The number of hydrogen-bond acceptors (Lipinski definition) is 7. The monoisotopic (exact) mass is 578 g/mol. The number of nitrogens with zero attached hydrogens (tertiary/aromatic N) is 5. The molecular formula is C21H26ClF3N6O4SSi. The summed E-state index contributed by atoms with van der Waals surface area (Å²) in [4.78, 5) is 16.7. The van der Waals surface area contributed by atoms with Crippen LogP contribution in [0.4, 0.5) is 13.2 Å². The number of amides is 1. The first-order chi connectivity index (χ1) is 16.8. The highest BCUT2D eigenvalue weighted by molar-refractivity contribution is 7.90. The van der Waals surface area contributed by atoms with Crippen molar-refractivity contribution in [2.24, 2.45) is 12.5 Å². The number of aryl methyl sites for hydroxylation is 1. The number of hydrogen-bond donors (Lipinski definition) is 1. The topological polar surface area (TPSA) is 121 Å². The maximum atomic E-state index is 13.0. The average molecular weight is 579 g/mol. The Labute approximate surface area is 217 Å². The molecule has 0 bridgehead atoms. The van der Waals surface area contributed by atoms with Crippen LogP contribution < -0.4 is 14.8 Å². The van der Waals surface area contributed by atoms with Gasteiger partial charge in [0.05, 0.1) is 16.3 Å². The standard InChI is InChI=1S/C21H26ClF3N6O4SSi/c1-20(2,21(23,24)25)12-35-16-9-10-31(27-16)15-8-7-13(17(22)26-15)18(32)29-36(33,34)14-11-30(3)28-19(14)37(4,5)6/h7-11H,12H2,1-6H3,(H,29,32). The molecule has 1 amide bonds. The van der Waals surface area contributed by atoms with Gasteiger partial charge in [0.25, 0.3) is 15.9 Å². The fourth-order valence-corrected chi connectivity index (χ4v) is 6.85. The Hall–Kier alpha value is -2.91. The predicted octanol–water partition coefficient (Wildman–Crippen LogP) is 3.29. The van der Waals surface area contributed by atoms with E-state index in [0.29, 0.717) is 5.32 Å². The van der Waals surface area contributed by atoms with Crippen molar-refractivity contribution >= 4 is 40.9 Å². The van der Waals surface area contributed by atoms with E-state index >= 15 is 0 Å². The number of nitrogens with one attached hydrogen (secondary N) is 1. The van der Waals surface area contributed by atoms with E-state index in [1.165, 1.54) is 40.0 Å². The highest BCUT2D eigenvalue weighted by Gasteiger charge is 2.48. The molecule has 16 heteroatoms. The molecule has 0 saturated carbocycles. The number of sulfonamides is 1. The third-order valence-electron chi connectivity index (χ3n) is 5.25. The number of ether oxygens (including phenoxy) is 1. The quantitative estimate of drug-likeness (QED) is 0.322. The van der Waals surface area contributed by atoms with E-state index in [9.17, 15) is 26.4 Å². The molecule has 0 aliphatic heterocycles. The minimum atomic E-state index is -4.46. The van der Waals surface area contributed by atoms with E-state index in [2.05, 4.69) is 15.2 Å². The van der Waals surface area contributed by atoms with Gasteiger partial charge in [-0.2, -0.15) is 18.3 Å². The summed E-state index contributed by atoms with van der Waals surface area (Å²) < 4.78 is 74.8. The van der Waals surface area contributed by atoms with Crippen molar-refractivity contribution in [3.05, 3.63) is 41.3 Å². The third kappa shape index (κ3) is 6.33. The Morgan fingerprint density at radius 2 is 1.81 bits per heavy atom. The SMILES string of the molecule is Cn1cc(S(=O)(=O)NC(=O)c2ccc(-n3ccc(OCC(C)(C)C(F)(F)F)n3)nc2Cl)c([Si](C)(C)C)n1. The van der Waals surface area contributed by atoms with Crippen molar-refractivity contribution in [1.29, 1.82) is 0 Å². The van der Waals surface area contributed by atoms with Gasteiger partial charge in [-0.05, 0) is 26.0 Å². The number of halogens is 4. The molecule has 3 heterocycles. The molecule has 0 unspecified atom stereocenters. The molecule has 202 valence electrons. The first-order valence-electron chi connectivity index (χ1n) is 10.9. The zero-order valence-corrected chi connectivity index (χ0v) is 23.5. The molecule has 0 aromatic carbocycles. The van der Waals surface area contributed by atoms with Crippen LogP contribution in [0.15, 0.2) is 35.5 Å². The van der Waals surface area contributed by atoms with E-state index in [4.69, 9.17) is 16.3 Å². The maximum Gasteiger partial charge on any atom is 0.397 e. The summed E-state index contributed by atoms with van der Waals surface area (Å²) in [5.74, 6) is -0.936. The number of pyridine rings is 1. The van der Waals surface area contributed by atoms with Crippen LogP contribution >= 0.6 is 11.6 Å². The zero-order valence-electron chi connectivity index (χ0n) is 20.9. The van der Waals surface area contributed by atoms with E-state index < -0.39 is 42.2 Å². The molecule has 0 saturated heterocycles. The van der Waals surface area contributed by atoms with Gasteiger partial charge >= 0.3 is 6.18 Å². The highest BCUT2D eigenvalue weighted by Crippen LogP contribution is 2.37. The molecule has 10 nitrogen and oxygen atoms in total. The van der Waals surface area contributed by atoms with Crippen LogP contribution in [0, 0.1) is 5.41 Å². The first-order valence-corrected chi connectivity index (χ1v) is 16.2. The molecule has 0 fully saturated rings. The lowest BCUT2D eigenvalue weighted by Gasteiger charge is -2.26. The Kier molecular flexibility index (Phi) is 7.56. The van der Waals surface area contributed by atoms with Gasteiger partial charge in [0.2, 0.25) is 5.88 Å². The Morgan fingerprint density at radius 3 is 2.38 bits per heavy atom. The van der Waals surface area contributed by atoms with Crippen LogP contribution in [0.5, 0.6) is 5.88 Å². The van der Waals surface area contributed by atoms with E-state index in [-0.39, 0.29) is 27.3 Å². The second kappa shape index (κ2) is 9.76. The molecule has 37 heavy (non-hydrogen) atoms. The average Bonchev–Trinajstić information content (AvgIpc) is 3.38. The fraction of sp³-hybridized carbons (Fsp3) is 0.429. The Bertz CT molecular complexity index is 1430. The lowest BCUT2D eigenvalue weighted by molar-refractivity contribution is -0.219. The summed E-state index contributed by atoms with van der Waals surface area (Å²) in [6, 6.07) is 3.95. The number of carbonyl (C=O) groups excluding carboxylic acids is 1. The lowest BCUT2D eigenvalue weighted by atomic mass is 9.94. The first kappa shape index (κ1) is 28.7. The van der Waals surface area contributed by atoms with Gasteiger partial charge in [0.15, 0.2) is 5.82 Å². The Balaban J connectivity index is 1.78. The summed E-state index contributed by atoms with van der Waals surface area (Å²) in [6.45, 7) is 7.16. The van der Waals surface area contributed by atoms with Gasteiger partial charge in [-0.1, -0.05) is 31.2 Å². The van der Waals surface area contributed by atoms with Crippen LogP contribution in [0.1, 0.15) is 24.2 Å². The lowest BCUT2D eigenvalue weighted by Crippen LogP contribution is -2.44. The minimum absolute atomic E-state index is 0.0715. The van der Waals surface area contributed by atoms with E-state index in [1.807, 2.05) is 24.4 Å². The summed E-state index contributed by atoms with van der Waals surface area (Å²) in [5, 5.41) is 8.40. The smallest absolute Gasteiger partial charge is 0.397 e. The van der Waals surface area contributed by atoms with Gasteiger partial charge in [-0.25, -0.2) is 22.8 Å². The molecule has 0 atom stereocenters. The van der Waals surface area contributed by atoms with Crippen molar-refractivity contribution in [3.8, 4) is 11.7 Å². The van der Waals surface area contributed by atoms with E-state index in [1.54, 1.807) is 7.05 Å². The summed E-state index contributed by atoms with van der Waals surface area (Å²) in [7, 11) is -4.82. The van der Waals surface area contributed by atoms with Crippen molar-refractivity contribution in [2.45, 2.75) is 44.6 Å².